The molecular formula is C19H19N3O2. The molecule has 4 N–H and O–H groups in total. The second kappa shape index (κ2) is 6.02. The molecule has 0 spiro atoms. The van der Waals surface area contributed by atoms with Crippen LogP contribution in [-0.2, 0) is 11.2 Å². The number of benzene rings is 2. The molecule has 5 heteroatoms. The average Bonchev–Trinajstić information content (AvgIpc) is 2.99. The van der Waals surface area contributed by atoms with E-state index in [9.17, 15) is 4.79 Å². The van der Waals surface area contributed by atoms with E-state index in [0.717, 1.165) is 18.5 Å². The van der Waals surface area contributed by atoms with Crippen LogP contribution in [0.3, 0.4) is 0 Å². The molecule has 2 heterocycles. The Hall–Kier alpha value is -2.79. The van der Waals surface area contributed by atoms with Crippen molar-refractivity contribution in [3.63, 3.8) is 0 Å². The predicted molar refractivity (Wildman–Crippen MR) is 93.0 cm³/mol. The minimum absolute atomic E-state index is 0.104. The average molecular weight is 321 g/mol. The molecule has 3 aromatic rings. The topological polar surface area (TPSA) is 80.1 Å². The van der Waals surface area contributed by atoms with E-state index in [1.807, 2.05) is 24.3 Å². The number of fused-ring (bicyclic) bond motifs is 3. The number of hydrogen-bond acceptors (Lipinski definition) is 3. The fourth-order valence-corrected chi connectivity index (χ4v) is 3.38. The number of primary amides is 1. The summed E-state index contributed by atoms with van der Waals surface area (Å²) in [5, 5.41) is 4.88. The van der Waals surface area contributed by atoms with E-state index >= 15 is 0 Å². The largest absolute Gasteiger partial charge is 0.484 e. The minimum Gasteiger partial charge on any atom is -0.484 e. The zero-order chi connectivity index (χ0) is 16.5. The van der Waals surface area contributed by atoms with Crippen molar-refractivity contribution in [2.75, 3.05) is 13.2 Å². The van der Waals surface area contributed by atoms with E-state index in [1.54, 1.807) is 0 Å². The van der Waals surface area contributed by atoms with Gasteiger partial charge in [-0.2, -0.15) is 0 Å². The smallest absolute Gasteiger partial charge is 0.255 e. The van der Waals surface area contributed by atoms with Gasteiger partial charge in [-0.15, -0.1) is 0 Å². The number of carbonyl (C=O) groups is 1. The zero-order valence-electron chi connectivity index (χ0n) is 13.2. The highest BCUT2D eigenvalue weighted by atomic mass is 16.5. The van der Waals surface area contributed by atoms with Crippen molar-refractivity contribution in [2.24, 2.45) is 5.73 Å². The number of para-hydroxylation sites is 1. The van der Waals surface area contributed by atoms with Crippen LogP contribution in [0.5, 0.6) is 5.75 Å². The number of ether oxygens (including phenoxy) is 1. The lowest BCUT2D eigenvalue weighted by atomic mass is 9.94. The Kier molecular flexibility index (Phi) is 3.70. The summed E-state index contributed by atoms with van der Waals surface area (Å²) in [5.74, 6) is 0.168. The van der Waals surface area contributed by atoms with Crippen molar-refractivity contribution in [3.05, 3.63) is 65.4 Å². The minimum atomic E-state index is -0.476. The highest BCUT2D eigenvalue weighted by molar-refractivity contribution is 5.85. The first kappa shape index (κ1) is 14.8. The maximum absolute atomic E-state index is 10.8. The molecule has 1 atom stereocenters. The first-order valence-electron chi connectivity index (χ1n) is 8.06. The fourth-order valence-electron chi connectivity index (χ4n) is 3.38. The number of hydrogen-bond donors (Lipinski definition) is 3. The number of amides is 1. The summed E-state index contributed by atoms with van der Waals surface area (Å²) in [6.07, 6.45) is 1.02. The van der Waals surface area contributed by atoms with Crippen LogP contribution in [0.1, 0.15) is 22.9 Å². The summed E-state index contributed by atoms with van der Waals surface area (Å²) in [4.78, 5) is 14.4. The van der Waals surface area contributed by atoms with Crippen molar-refractivity contribution in [1.82, 2.24) is 10.3 Å². The number of rotatable bonds is 4. The number of aromatic nitrogens is 1. The number of nitrogens with one attached hydrogen (secondary N) is 2. The number of H-pyrrole nitrogens is 1. The van der Waals surface area contributed by atoms with E-state index < -0.39 is 5.91 Å². The van der Waals surface area contributed by atoms with Gasteiger partial charge in [0, 0.05) is 23.1 Å². The molecule has 5 nitrogen and oxygen atoms in total. The first-order valence-corrected chi connectivity index (χ1v) is 8.06. The van der Waals surface area contributed by atoms with Gasteiger partial charge in [0.25, 0.3) is 5.91 Å². The molecule has 0 fully saturated rings. The molecule has 24 heavy (non-hydrogen) atoms. The van der Waals surface area contributed by atoms with Gasteiger partial charge in [-0.3, -0.25) is 4.79 Å². The monoisotopic (exact) mass is 321 g/mol. The molecule has 0 aliphatic carbocycles. The van der Waals surface area contributed by atoms with Crippen molar-refractivity contribution in [1.29, 1.82) is 0 Å². The molecule has 0 radical (unpaired) electrons. The van der Waals surface area contributed by atoms with Gasteiger partial charge >= 0.3 is 0 Å². The van der Waals surface area contributed by atoms with Crippen LogP contribution < -0.4 is 15.8 Å². The third-order valence-corrected chi connectivity index (χ3v) is 4.45. The quantitative estimate of drug-likeness (QED) is 0.689. The molecule has 122 valence electrons. The summed E-state index contributed by atoms with van der Waals surface area (Å²) >= 11 is 0. The highest BCUT2D eigenvalue weighted by Gasteiger charge is 2.24. The number of carbonyl (C=O) groups excluding carboxylic acids is 1. The van der Waals surface area contributed by atoms with Gasteiger partial charge in [-0.05, 0) is 35.7 Å². The summed E-state index contributed by atoms with van der Waals surface area (Å²) in [6.45, 7) is 0.840. The summed E-state index contributed by atoms with van der Waals surface area (Å²) < 4.78 is 5.32. The van der Waals surface area contributed by atoms with Crippen LogP contribution in [0.15, 0.2) is 48.5 Å². The molecule has 0 saturated heterocycles. The van der Waals surface area contributed by atoms with Crippen LogP contribution >= 0.6 is 0 Å². The van der Waals surface area contributed by atoms with Gasteiger partial charge in [0.05, 0.1) is 6.04 Å². The second-order valence-corrected chi connectivity index (χ2v) is 6.02. The Morgan fingerprint density at radius 2 is 1.96 bits per heavy atom. The molecule has 0 saturated carbocycles. The Labute approximate surface area is 139 Å². The lowest BCUT2D eigenvalue weighted by Crippen LogP contribution is -2.30. The van der Waals surface area contributed by atoms with E-state index in [2.05, 4.69) is 34.6 Å². The van der Waals surface area contributed by atoms with Crippen molar-refractivity contribution < 1.29 is 9.53 Å². The molecule has 0 unspecified atom stereocenters. The second-order valence-electron chi connectivity index (χ2n) is 6.02. The maximum Gasteiger partial charge on any atom is 0.255 e. The predicted octanol–water partition coefficient (Wildman–Crippen LogP) is 2.27. The van der Waals surface area contributed by atoms with E-state index in [4.69, 9.17) is 10.5 Å². The molecule has 4 rings (SSSR count). The first-order chi connectivity index (χ1) is 11.7. The normalized spacial score (nSPS) is 16.8. The maximum atomic E-state index is 10.8. The van der Waals surface area contributed by atoms with Crippen LogP contribution in [0, 0.1) is 0 Å². The zero-order valence-corrected chi connectivity index (χ0v) is 13.2. The molecular weight excluding hydrogens is 302 g/mol. The van der Waals surface area contributed by atoms with Crippen molar-refractivity contribution >= 4 is 16.8 Å². The van der Waals surface area contributed by atoms with Gasteiger partial charge in [0.2, 0.25) is 0 Å². The Bertz CT molecular complexity index is 883. The van der Waals surface area contributed by atoms with Crippen molar-refractivity contribution in [2.45, 2.75) is 12.5 Å². The number of aromatic amines is 1. The van der Waals surface area contributed by atoms with Crippen LogP contribution in [-0.4, -0.2) is 24.0 Å². The standard InChI is InChI=1S/C19H19N3O2/c20-17(23)11-24-13-7-5-12(6-8-13)18-19-15(9-10-21-18)14-3-1-2-4-16(14)22-19/h1-8,18,21-22H,9-11H2,(H2,20,23)/t18-/m0/s1. The van der Waals surface area contributed by atoms with E-state index in [0.29, 0.717) is 5.75 Å². The van der Waals surface area contributed by atoms with E-state index in [-0.39, 0.29) is 12.6 Å². The Morgan fingerprint density at radius 1 is 1.17 bits per heavy atom. The van der Waals surface area contributed by atoms with Crippen LogP contribution in [0.2, 0.25) is 0 Å². The molecule has 1 aliphatic heterocycles. The fraction of sp³-hybridized carbons (Fsp3) is 0.211. The molecule has 0 bridgehead atoms. The molecule has 1 aromatic heterocycles. The molecule has 1 aliphatic rings. The third-order valence-electron chi connectivity index (χ3n) is 4.45. The Balaban J connectivity index is 1.65. The van der Waals surface area contributed by atoms with Crippen molar-refractivity contribution in [3.8, 4) is 5.75 Å². The van der Waals surface area contributed by atoms with Gasteiger partial charge in [-0.1, -0.05) is 30.3 Å². The van der Waals surface area contributed by atoms with Crippen LogP contribution in [0.25, 0.3) is 10.9 Å². The van der Waals surface area contributed by atoms with Crippen LogP contribution in [0.4, 0.5) is 0 Å². The molecule has 1 amide bonds. The summed E-state index contributed by atoms with van der Waals surface area (Å²) in [6, 6.07) is 16.3. The summed E-state index contributed by atoms with van der Waals surface area (Å²) in [5.41, 5.74) is 10.1. The summed E-state index contributed by atoms with van der Waals surface area (Å²) in [7, 11) is 0. The molecule has 2 aromatic carbocycles. The van der Waals surface area contributed by atoms with Gasteiger partial charge in [-0.25, -0.2) is 0 Å². The van der Waals surface area contributed by atoms with Gasteiger partial charge < -0.3 is 20.8 Å². The van der Waals surface area contributed by atoms with E-state index in [1.165, 1.54) is 22.2 Å². The van der Waals surface area contributed by atoms with Gasteiger partial charge in [0.15, 0.2) is 6.61 Å². The highest BCUT2D eigenvalue weighted by Crippen LogP contribution is 2.33. The third kappa shape index (κ3) is 2.63. The lowest BCUT2D eigenvalue weighted by molar-refractivity contribution is -0.119. The SMILES string of the molecule is NC(=O)COc1ccc([C@@H]2NCCc3c2[nH]c2ccccc32)cc1. The number of nitrogens with two attached hydrogens (primary N) is 1. The van der Waals surface area contributed by atoms with Gasteiger partial charge in [0.1, 0.15) is 5.75 Å². The lowest BCUT2D eigenvalue weighted by Gasteiger charge is -2.25. The Morgan fingerprint density at radius 3 is 2.75 bits per heavy atom.